The van der Waals surface area contributed by atoms with E-state index in [0.29, 0.717) is 16.0 Å². The Kier molecular flexibility index (Phi) is 5.69. The highest BCUT2D eigenvalue weighted by atomic mass is 35.5. The van der Waals surface area contributed by atoms with E-state index in [1.807, 2.05) is 31.2 Å². The molecule has 0 N–H and O–H groups in total. The van der Waals surface area contributed by atoms with E-state index in [9.17, 15) is 4.39 Å². The number of rotatable bonds is 6. The number of nitrogens with zero attached hydrogens (tertiary/aromatic N) is 3. The van der Waals surface area contributed by atoms with Crippen LogP contribution in [0.1, 0.15) is 30.2 Å². The summed E-state index contributed by atoms with van der Waals surface area (Å²) >= 11 is 7.84. The monoisotopic (exact) mass is 429 g/mol. The zero-order valence-electron chi connectivity index (χ0n) is 15.7. The summed E-state index contributed by atoms with van der Waals surface area (Å²) in [6, 6.07) is 14.0. The van der Waals surface area contributed by atoms with Gasteiger partial charge in [0.2, 0.25) is 0 Å². The molecule has 0 radical (unpaired) electrons. The Hall–Kier alpha value is -2.64. The summed E-state index contributed by atoms with van der Waals surface area (Å²) in [5, 5.41) is 10.1. The molecule has 0 saturated heterocycles. The molecular formula is C21H17ClFN3O2S. The van der Waals surface area contributed by atoms with Crippen LogP contribution in [0.2, 0.25) is 5.02 Å². The van der Waals surface area contributed by atoms with E-state index in [1.54, 1.807) is 25.1 Å². The van der Waals surface area contributed by atoms with Gasteiger partial charge in [-0.05, 0) is 37.6 Å². The largest absolute Gasteiger partial charge is 0.478 e. The normalized spacial score (nSPS) is 12.3. The van der Waals surface area contributed by atoms with Crippen LogP contribution < -0.4 is 4.74 Å². The Morgan fingerprint density at radius 3 is 2.72 bits per heavy atom. The predicted octanol–water partition coefficient (Wildman–Crippen LogP) is 6.15. The fraction of sp³-hybridized carbons (Fsp3) is 0.190. The molecule has 0 spiro atoms. The zero-order valence-corrected chi connectivity index (χ0v) is 17.3. The molecular weight excluding hydrogens is 413 g/mol. The molecule has 0 saturated carbocycles. The van der Waals surface area contributed by atoms with E-state index in [0.717, 1.165) is 22.2 Å². The molecule has 8 heteroatoms. The Morgan fingerprint density at radius 2 is 1.90 bits per heavy atom. The summed E-state index contributed by atoms with van der Waals surface area (Å²) < 4.78 is 25.0. The van der Waals surface area contributed by atoms with Gasteiger partial charge in [0.25, 0.3) is 11.1 Å². The summed E-state index contributed by atoms with van der Waals surface area (Å²) in [4.78, 5) is 4.65. The minimum absolute atomic E-state index is 0.134. The van der Waals surface area contributed by atoms with Crippen molar-refractivity contribution in [3.63, 3.8) is 0 Å². The third-order valence-corrected chi connectivity index (χ3v) is 5.72. The molecule has 0 bridgehead atoms. The first-order chi connectivity index (χ1) is 14.0. The van der Waals surface area contributed by atoms with Crippen molar-refractivity contribution < 1.29 is 13.5 Å². The van der Waals surface area contributed by atoms with E-state index in [-0.39, 0.29) is 11.6 Å². The number of hydrogen-bond donors (Lipinski definition) is 0. The Bertz CT molecular complexity index is 1170. The third kappa shape index (κ3) is 4.21. The van der Waals surface area contributed by atoms with Crippen LogP contribution >= 0.6 is 23.4 Å². The van der Waals surface area contributed by atoms with Crippen LogP contribution in [0, 0.1) is 12.7 Å². The average Bonchev–Trinajstić information content (AvgIpc) is 3.20. The fourth-order valence-corrected chi connectivity index (χ4v) is 3.87. The number of fused-ring (bicyclic) bond motifs is 1. The average molecular weight is 430 g/mol. The molecule has 0 aliphatic rings. The molecule has 4 rings (SSSR count). The topological polar surface area (TPSA) is 61.0 Å². The lowest BCUT2D eigenvalue weighted by molar-refractivity contribution is 0.174. The molecule has 5 nitrogen and oxygen atoms in total. The smallest absolute Gasteiger partial charge is 0.277 e. The van der Waals surface area contributed by atoms with Crippen molar-refractivity contribution in [2.75, 3.05) is 0 Å². The first kappa shape index (κ1) is 19.7. The number of hydrogen-bond acceptors (Lipinski definition) is 6. The molecule has 0 aliphatic heterocycles. The Balaban J connectivity index is 1.47. The lowest BCUT2D eigenvalue weighted by atomic mass is 10.1. The number of para-hydroxylation sites is 2. The van der Waals surface area contributed by atoms with E-state index in [1.165, 1.54) is 17.8 Å². The van der Waals surface area contributed by atoms with Crippen LogP contribution in [0.4, 0.5) is 4.39 Å². The van der Waals surface area contributed by atoms with Gasteiger partial charge in [0.05, 0.1) is 16.2 Å². The third-order valence-electron chi connectivity index (χ3n) is 4.39. The lowest BCUT2D eigenvalue weighted by Crippen LogP contribution is -2.04. The van der Waals surface area contributed by atoms with Gasteiger partial charge in [-0.1, -0.05) is 53.7 Å². The lowest BCUT2D eigenvalue weighted by Gasteiger charge is -2.11. The highest BCUT2D eigenvalue weighted by Crippen LogP contribution is 2.32. The fourth-order valence-electron chi connectivity index (χ4n) is 2.87. The minimum Gasteiger partial charge on any atom is -0.478 e. The molecule has 29 heavy (non-hydrogen) atoms. The van der Waals surface area contributed by atoms with E-state index < -0.39 is 11.9 Å². The highest BCUT2D eigenvalue weighted by molar-refractivity contribution is 7.98. The van der Waals surface area contributed by atoms with Crippen molar-refractivity contribution in [2.45, 2.75) is 30.9 Å². The van der Waals surface area contributed by atoms with Crippen molar-refractivity contribution in [3.8, 4) is 5.75 Å². The maximum Gasteiger partial charge on any atom is 0.277 e. The van der Waals surface area contributed by atoms with Gasteiger partial charge in [-0.2, -0.15) is 0 Å². The number of aromatic nitrogens is 3. The number of benzene rings is 2. The summed E-state index contributed by atoms with van der Waals surface area (Å²) in [5.41, 5.74) is 2.64. The number of ether oxygens (including phenoxy) is 1. The molecule has 4 aromatic rings. The number of thioether (sulfide) groups is 1. The zero-order chi connectivity index (χ0) is 20.4. The summed E-state index contributed by atoms with van der Waals surface area (Å²) in [5.74, 6) is 0.440. The quantitative estimate of drug-likeness (QED) is 0.342. The Morgan fingerprint density at radius 1 is 1.14 bits per heavy atom. The van der Waals surface area contributed by atoms with Crippen LogP contribution in [-0.2, 0) is 5.75 Å². The summed E-state index contributed by atoms with van der Waals surface area (Å²) in [7, 11) is 0. The SMILES string of the molecule is Cc1c(Cl)c(CSc2nnc(C(C)Oc3ccccc3F)o2)nc2ccccc12. The van der Waals surface area contributed by atoms with Crippen LogP contribution in [0.3, 0.4) is 0 Å². The molecule has 2 aromatic heterocycles. The molecule has 1 unspecified atom stereocenters. The van der Waals surface area contributed by atoms with E-state index >= 15 is 0 Å². The number of halogens is 2. The molecule has 2 aromatic carbocycles. The molecule has 1 atom stereocenters. The molecule has 0 fully saturated rings. The minimum atomic E-state index is -0.585. The van der Waals surface area contributed by atoms with Crippen LogP contribution in [0.25, 0.3) is 10.9 Å². The van der Waals surface area contributed by atoms with Gasteiger partial charge in [0.15, 0.2) is 17.7 Å². The first-order valence-corrected chi connectivity index (χ1v) is 10.3. The second-order valence-corrected chi connectivity index (χ2v) is 7.70. The molecule has 2 heterocycles. The van der Waals surface area contributed by atoms with Crippen molar-refractivity contribution in [1.82, 2.24) is 15.2 Å². The maximum atomic E-state index is 13.7. The Labute approximate surface area is 176 Å². The molecule has 0 amide bonds. The van der Waals surface area contributed by atoms with Crippen LogP contribution in [0.5, 0.6) is 5.75 Å². The van der Waals surface area contributed by atoms with Crippen molar-refractivity contribution in [3.05, 3.63) is 76.5 Å². The van der Waals surface area contributed by atoms with Crippen molar-refractivity contribution >= 4 is 34.3 Å². The highest BCUT2D eigenvalue weighted by Gasteiger charge is 2.18. The predicted molar refractivity (Wildman–Crippen MR) is 111 cm³/mol. The van der Waals surface area contributed by atoms with Gasteiger partial charge in [-0.25, -0.2) is 4.39 Å². The van der Waals surface area contributed by atoms with Gasteiger partial charge < -0.3 is 9.15 Å². The summed E-state index contributed by atoms with van der Waals surface area (Å²) in [6.07, 6.45) is -0.585. The van der Waals surface area contributed by atoms with E-state index in [4.69, 9.17) is 20.8 Å². The second-order valence-electron chi connectivity index (χ2n) is 6.40. The van der Waals surface area contributed by atoms with Gasteiger partial charge in [-0.15, -0.1) is 10.2 Å². The van der Waals surface area contributed by atoms with Gasteiger partial charge >= 0.3 is 0 Å². The van der Waals surface area contributed by atoms with Crippen molar-refractivity contribution in [1.29, 1.82) is 0 Å². The van der Waals surface area contributed by atoms with Gasteiger partial charge in [0, 0.05) is 11.1 Å². The van der Waals surface area contributed by atoms with Gasteiger partial charge in [0.1, 0.15) is 0 Å². The van der Waals surface area contributed by atoms with Crippen LogP contribution in [-0.4, -0.2) is 15.2 Å². The van der Waals surface area contributed by atoms with Crippen molar-refractivity contribution in [2.24, 2.45) is 0 Å². The number of pyridine rings is 1. The first-order valence-electron chi connectivity index (χ1n) is 8.94. The van der Waals surface area contributed by atoms with E-state index in [2.05, 4.69) is 15.2 Å². The van der Waals surface area contributed by atoms with Crippen LogP contribution in [0.15, 0.2) is 58.2 Å². The second kappa shape index (κ2) is 8.39. The number of aryl methyl sites for hydroxylation is 1. The standard InChI is InChI=1S/C21H17ClFN3O2S/c1-12-14-7-3-5-9-16(14)24-17(19(12)22)11-29-21-26-25-20(28-21)13(2)27-18-10-6-4-8-15(18)23/h3-10,13H,11H2,1-2H3. The van der Waals surface area contributed by atoms with Gasteiger partial charge in [-0.3, -0.25) is 4.98 Å². The molecule has 148 valence electrons. The summed E-state index contributed by atoms with van der Waals surface area (Å²) in [6.45, 7) is 3.70. The molecule has 0 aliphatic carbocycles. The maximum absolute atomic E-state index is 13.7.